The zero-order valence-electron chi connectivity index (χ0n) is 15.1. The molecule has 0 heterocycles. The average molecular weight is 332 g/mol. The molecule has 1 atom stereocenters. The van der Waals surface area contributed by atoms with Crippen molar-refractivity contribution in [2.24, 2.45) is 0 Å². The Morgan fingerprint density at radius 2 is 1.79 bits per heavy atom. The molecule has 3 heteroatoms. The Morgan fingerprint density at radius 1 is 1.12 bits per heavy atom. The third-order valence-corrected chi connectivity index (χ3v) is 4.14. The second-order valence-electron chi connectivity index (χ2n) is 6.34. The predicted octanol–water partition coefficient (Wildman–Crippen LogP) is 6.00. The number of unbranched alkanes of at least 4 members (excludes halogenated alkanes) is 6. The molecule has 1 amide bonds. The highest BCUT2D eigenvalue weighted by molar-refractivity contribution is 5.67. The summed E-state index contributed by atoms with van der Waals surface area (Å²) in [6.45, 7) is 6.34. The van der Waals surface area contributed by atoms with Crippen LogP contribution in [0.25, 0.3) is 0 Å². The van der Waals surface area contributed by atoms with E-state index in [1.165, 1.54) is 38.5 Å². The Morgan fingerprint density at radius 3 is 2.46 bits per heavy atom. The summed E-state index contributed by atoms with van der Waals surface area (Å²) in [5.41, 5.74) is 1.000. The summed E-state index contributed by atoms with van der Waals surface area (Å²) >= 11 is 0. The SMILES string of the molecule is C=CC[C@@H](CCCCCCCCC)NC(=O)OCc1ccccc1. The predicted molar refractivity (Wildman–Crippen MR) is 101 cm³/mol. The molecule has 0 aliphatic carbocycles. The molecule has 1 aromatic rings. The Labute approximate surface area is 147 Å². The summed E-state index contributed by atoms with van der Waals surface area (Å²) in [6.07, 6.45) is 12.3. The number of carbonyl (C=O) groups excluding carboxylic acids is 1. The molecular weight excluding hydrogens is 298 g/mol. The van der Waals surface area contributed by atoms with Gasteiger partial charge < -0.3 is 10.1 Å². The van der Waals surface area contributed by atoms with E-state index in [1.807, 2.05) is 36.4 Å². The maximum atomic E-state index is 11.9. The number of hydrogen-bond donors (Lipinski definition) is 1. The van der Waals surface area contributed by atoms with Gasteiger partial charge in [-0.3, -0.25) is 0 Å². The number of nitrogens with one attached hydrogen (secondary N) is 1. The van der Waals surface area contributed by atoms with E-state index in [-0.39, 0.29) is 12.1 Å². The van der Waals surface area contributed by atoms with E-state index in [4.69, 9.17) is 4.74 Å². The minimum Gasteiger partial charge on any atom is -0.445 e. The van der Waals surface area contributed by atoms with Gasteiger partial charge in [0.15, 0.2) is 0 Å². The molecule has 24 heavy (non-hydrogen) atoms. The topological polar surface area (TPSA) is 38.3 Å². The second-order valence-corrected chi connectivity index (χ2v) is 6.34. The van der Waals surface area contributed by atoms with Crippen molar-refractivity contribution in [3.05, 3.63) is 48.6 Å². The number of ether oxygens (including phenoxy) is 1. The molecule has 3 nitrogen and oxygen atoms in total. The van der Waals surface area contributed by atoms with Crippen LogP contribution in [0, 0.1) is 0 Å². The Hall–Kier alpha value is -1.77. The van der Waals surface area contributed by atoms with Gasteiger partial charge in [0.05, 0.1) is 0 Å². The van der Waals surface area contributed by atoms with E-state index in [1.54, 1.807) is 0 Å². The second kappa shape index (κ2) is 13.6. The highest BCUT2D eigenvalue weighted by atomic mass is 16.5. The maximum absolute atomic E-state index is 11.9. The van der Waals surface area contributed by atoms with Gasteiger partial charge in [0.1, 0.15) is 6.61 Å². The lowest BCUT2D eigenvalue weighted by molar-refractivity contribution is 0.135. The van der Waals surface area contributed by atoms with Gasteiger partial charge in [-0.15, -0.1) is 6.58 Å². The molecule has 0 fully saturated rings. The highest BCUT2D eigenvalue weighted by Gasteiger charge is 2.11. The number of benzene rings is 1. The van der Waals surface area contributed by atoms with Crippen LogP contribution in [0.5, 0.6) is 0 Å². The van der Waals surface area contributed by atoms with Gasteiger partial charge in [0.2, 0.25) is 0 Å². The summed E-state index contributed by atoms with van der Waals surface area (Å²) in [5, 5.41) is 2.97. The lowest BCUT2D eigenvalue weighted by Crippen LogP contribution is -2.34. The minimum absolute atomic E-state index is 0.126. The van der Waals surface area contributed by atoms with Crippen LogP contribution in [0.4, 0.5) is 4.79 Å². The van der Waals surface area contributed by atoms with Crippen LogP contribution < -0.4 is 5.32 Å². The van der Waals surface area contributed by atoms with Crippen molar-refractivity contribution < 1.29 is 9.53 Å². The molecule has 0 spiro atoms. The first-order valence-corrected chi connectivity index (χ1v) is 9.34. The molecule has 0 aliphatic rings. The third kappa shape index (κ3) is 10.1. The van der Waals surface area contributed by atoms with E-state index in [2.05, 4.69) is 18.8 Å². The van der Waals surface area contributed by atoms with E-state index in [0.717, 1.165) is 24.8 Å². The van der Waals surface area contributed by atoms with E-state index in [9.17, 15) is 4.79 Å². The number of alkyl carbamates (subject to hydrolysis) is 1. The summed E-state index contributed by atoms with van der Waals surface area (Å²) in [4.78, 5) is 11.9. The molecule has 0 radical (unpaired) electrons. The Kier molecular flexibility index (Phi) is 11.5. The van der Waals surface area contributed by atoms with Crippen molar-refractivity contribution in [3.63, 3.8) is 0 Å². The fourth-order valence-corrected chi connectivity index (χ4v) is 2.73. The van der Waals surface area contributed by atoms with Crippen LogP contribution in [0.1, 0.15) is 70.3 Å². The van der Waals surface area contributed by atoms with Crippen molar-refractivity contribution >= 4 is 6.09 Å². The minimum atomic E-state index is -0.339. The summed E-state index contributed by atoms with van der Waals surface area (Å²) < 4.78 is 5.29. The largest absolute Gasteiger partial charge is 0.445 e. The van der Waals surface area contributed by atoms with Gasteiger partial charge >= 0.3 is 6.09 Å². The Balaban J connectivity index is 2.19. The summed E-state index contributed by atoms with van der Waals surface area (Å²) in [6, 6.07) is 9.86. The van der Waals surface area contributed by atoms with E-state index >= 15 is 0 Å². The standard InChI is InChI=1S/C21H33NO2/c1-3-5-6-7-8-9-13-17-20(14-4-2)22-21(23)24-18-19-15-11-10-12-16-19/h4,10-12,15-16,20H,2-3,5-9,13-14,17-18H2,1H3,(H,22,23)/t20-/m0/s1. The number of hydrogen-bond acceptors (Lipinski definition) is 2. The van der Waals surface area contributed by atoms with Gasteiger partial charge in [0, 0.05) is 6.04 Å². The maximum Gasteiger partial charge on any atom is 0.407 e. The van der Waals surface area contributed by atoms with Crippen LogP contribution in [0.2, 0.25) is 0 Å². The molecular formula is C21H33NO2. The normalized spacial score (nSPS) is 11.7. The van der Waals surface area contributed by atoms with Gasteiger partial charge in [-0.05, 0) is 18.4 Å². The first kappa shape index (κ1) is 20.3. The first-order chi connectivity index (χ1) is 11.8. The fourth-order valence-electron chi connectivity index (χ4n) is 2.73. The molecule has 134 valence electrons. The zero-order valence-corrected chi connectivity index (χ0v) is 15.1. The van der Waals surface area contributed by atoms with Crippen LogP contribution >= 0.6 is 0 Å². The van der Waals surface area contributed by atoms with Gasteiger partial charge in [-0.2, -0.15) is 0 Å². The summed E-state index contributed by atoms with van der Waals surface area (Å²) in [7, 11) is 0. The van der Waals surface area contributed by atoms with Crippen LogP contribution in [0.15, 0.2) is 43.0 Å². The Bertz CT molecular complexity index is 444. The van der Waals surface area contributed by atoms with E-state index in [0.29, 0.717) is 6.61 Å². The molecule has 1 rings (SSSR count). The number of amides is 1. The van der Waals surface area contributed by atoms with Gasteiger partial charge in [-0.1, -0.05) is 88.3 Å². The quantitative estimate of drug-likeness (QED) is 0.356. The van der Waals surface area contributed by atoms with E-state index < -0.39 is 0 Å². The third-order valence-electron chi connectivity index (χ3n) is 4.14. The molecule has 0 saturated carbocycles. The first-order valence-electron chi connectivity index (χ1n) is 9.34. The zero-order chi connectivity index (χ0) is 17.5. The van der Waals surface area contributed by atoms with Gasteiger partial charge in [-0.25, -0.2) is 4.79 Å². The molecule has 1 aromatic carbocycles. The monoisotopic (exact) mass is 331 g/mol. The number of carbonyl (C=O) groups is 1. The van der Waals surface area contributed by atoms with Crippen LogP contribution in [0.3, 0.4) is 0 Å². The van der Waals surface area contributed by atoms with Gasteiger partial charge in [0.25, 0.3) is 0 Å². The summed E-state index contributed by atoms with van der Waals surface area (Å²) in [5.74, 6) is 0. The van der Waals surface area contributed by atoms with Crippen molar-refractivity contribution in [1.82, 2.24) is 5.32 Å². The number of rotatable bonds is 13. The smallest absolute Gasteiger partial charge is 0.407 e. The average Bonchev–Trinajstić information content (AvgIpc) is 2.60. The molecule has 0 saturated heterocycles. The lowest BCUT2D eigenvalue weighted by atomic mass is 10.0. The van der Waals surface area contributed by atoms with Crippen molar-refractivity contribution in [3.8, 4) is 0 Å². The highest BCUT2D eigenvalue weighted by Crippen LogP contribution is 2.12. The molecule has 1 N–H and O–H groups in total. The van der Waals surface area contributed by atoms with Crippen LogP contribution in [-0.2, 0) is 11.3 Å². The van der Waals surface area contributed by atoms with Crippen molar-refractivity contribution in [2.45, 2.75) is 77.4 Å². The van der Waals surface area contributed by atoms with Crippen molar-refractivity contribution in [1.29, 1.82) is 0 Å². The van der Waals surface area contributed by atoms with Crippen molar-refractivity contribution in [2.75, 3.05) is 0 Å². The molecule has 0 unspecified atom stereocenters. The van der Waals surface area contributed by atoms with Crippen LogP contribution in [-0.4, -0.2) is 12.1 Å². The lowest BCUT2D eigenvalue weighted by Gasteiger charge is -2.17. The molecule has 0 bridgehead atoms. The molecule has 0 aliphatic heterocycles. The molecule has 0 aromatic heterocycles. The fraction of sp³-hybridized carbons (Fsp3) is 0.571.